The van der Waals surface area contributed by atoms with Gasteiger partial charge in [-0.05, 0) is 63.2 Å². The van der Waals surface area contributed by atoms with Gasteiger partial charge in [-0.2, -0.15) is 0 Å². The van der Waals surface area contributed by atoms with Crippen molar-refractivity contribution in [2.24, 2.45) is 0 Å². The maximum absolute atomic E-state index is 13.0. The summed E-state index contributed by atoms with van der Waals surface area (Å²) < 4.78 is 0. The second-order valence-corrected chi connectivity index (χ2v) is 8.21. The van der Waals surface area contributed by atoms with Crippen LogP contribution in [0.15, 0.2) is 54.6 Å². The molecule has 3 aromatic rings. The van der Waals surface area contributed by atoms with Crippen LogP contribution in [-0.2, 0) is 4.79 Å². The molecule has 0 aliphatic carbocycles. The number of hydrogen-bond donors (Lipinski definition) is 2. The molecule has 1 fully saturated rings. The first-order valence-electron chi connectivity index (χ1n) is 11.4. The molecule has 0 spiro atoms. The number of rotatable bonds is 8. The number of amides is 2. The van der Waals surface area contributed by atoms with Gasteiger partial charge in [-0.15, -0.1) is 0 Å². The number of carbonyl (C=O) groups excluding carboxylic acids is 2. The molecule has 32 heavy (non-hydrogen) atoms. The Balaban J connectivity index is 1.51. The average Bonchev–Trinajstić information content (AvgIpc) is 3.35. The third-order valence-electron chi connectivity index (χ3n) is 5.88. The van der Waals surface area contributed by atoms with Crippen molar-refractivity contribution in [3.05, 3.63) is 60.2 Å². The first kappa shape index (κ1) is 22.0. The van der Waals surface area contributed by atoms with Gasteiger partial charge in [-0.3, -0.25) is 9.59 Å². The molecule has 4 rings (SSSR count). The van der Waals surface area contributed by atoms with Gasteiger partial charge in [-0.1, -0.05) is 37.3 Å². The number of nitrogens with one attached hydrogen (secondary N) is 2. The first-order valence-corrected chi connectivity index (χ1v) is 11.4. The molecule has 0 bridgehead atoms. The number of likely N-dealkylation sites (tertiary alicyclic amines) is 1. The van der Waals surface area contributed by atoms with Gasteiger partial charge in [0.15, 0.2) is 0 Å². The topological polar surface area (TPSA) is 74.3 Å². The van der Waals surface area contributed by atoms with Crippen molar-refractivity contribution in [1.82, 2.24) is 15.2 Å². The van der Waals surface area contributed by atoms with Crippen LogP contribution in [0.4, 0.5) is 5.69 Å². The molecule has 0 saturated carbocycles. The summed E-state index contributed by atoms with van der Waals surface area (Å²) in [6.45, 7) is 5.86. The van der Waals surface area contributed by atoms with E-state index >= 15 is 0 Å². The van der Waals surface area contributed by atoms with E-state index < -0.39 is 0 Å². The lowest BCUT2D eigenvalue weighted by atomic mass is 10.0. The second kappa shape index (κ2) is 10.4. The minimum absolute atomic E-state index is 0.0229. The molecular weight excluding hydrogens is 400 g/mol. The highest BCUT2D eigenvalue weighted by molar-refractivity contribution is 6.07. The number of pyridine rings is 1. The monoisotopic (exact) mass is 430 g/mol. The van der Waals surface area contributed by atoms with Crippen molar-refractivity contribution in [1.29, 1.82) is 0 Å². The number of nitrogens with zero attached hydrogens (tertiary/aromatic N) is 2. The predicted octanol–water partition coefficient (Wildman–Crippen LogP) is 4.47. The van der Waals surface area contributed by atoms with Gasteiger partial charge in [0.25, 0.3) is 5.91 Å². The summed E-state index contributed by atoms with van der Waals surface area (Å²) in [5.74, 6) is -0.0941. The molecule has 0 radical (unpaired) electrons. The highest BCUT2D eigenvalue weighted by atomic mass is 16.2. The SMILES string of the molecule is CCC(=O)Nc1ccc(-c2cc(C(=O)NCCCN3CCCC3)c3ccccc3n2)cc1. The predicted molar refractivity (Wildman–Crippen MR) is 129 cm³/mol. The van der Waals surface area contributed by atoms with E-state index in [2.05, 4.69) is 15.5 Å². The molecule has 1 aromatic heterocycles. The van der Waals surface area contributed by atoms with Crippen LogP contribution in [0.3, 0.4) is 0 Å². The third kappa shape index (κ3) is 5.32. The van der Waals surface area contributed by atoms with Crippen LogP contribution < -0.4 is 10.6 Å². The Labute approximate surface area is 189 Å². The number of carbonyl (C=O) groups is 2. The van der Waals surface area contributed by atoms with Crippen LogP contribution in [0.1, 0.15) is 43.0 Å². The van der Waals surface area contributed by atoms with Crippen molar-refractivity contribution in [2.75, 3.05) is 31.5 Å². The Morgan fingerprint density at radius 2 is 1.78 bits per heavy atom. The molecule has 0 atom stereocenters. The van der Waals surface area contributed by atoms with Crippen LogP contribution in [0.25, 0.3) is 22.2 Å². The Morgan fingerprint density at radius 1 is 1.03 bits per heavy atom. The van der Waals surface area contributed by atoms with E-state index in [1.807, 2.05) is 61.5 Å². The normalized spacial score (nSPS) is 13.9. The summed E-state index contributed by atoms with van der Waals surface area (Å²) in [7, 11) is 0. The highest BCUT2D eigenvalue weighted by Crippen LogP contribution is 2.26. The van der Waals surface area contributed by atoms with Crippen molar-refractivity contribution in [3.8, 4) is 11.3 Å². The minimum Gasteiger partial charge on any atom is -0.352 e. The number of para-hydroxylation sites is 1. The Kier molecular flexibility index (Phi) is 7.12. The van der Waals surface area contributed by atoms with Gasteiger partial charge in [0.05, 0.1) is 16.8 Å². The van der Waals surface area contributed by atoms with E-state index in [-0.39, 0.29) is 11.8 Å². The molecule has 2 N–H and O–H groups in total. The molecule has 2 amide bonds. The molecule has 166 valence electrons. The fourth-order valence-electron chi connectivity index (χ4n) is 4.09. The summed E-state index contributed by atoms with van der Waals surface area (Å²) >= 11 is 0. The van der Waals surface area contributed by atoms with E-state index in [1.54, 1.807) is 0 Å². The fourth-order valence-corrected chi connectivity index (χ4v) is 4.09. The number of fused-ring (bicyclic) bond motifs is 1. The van der Waals surface area contributed by atoms with Gasteiger partial charge in [0, 0.05) is 29.6 Å². The quantitative estimate of drug-likeness (QED) is 0.517. The average molecular weight is 431 g/mol. The van der Waals surface area contributed by atoms with Crippen LogP contribution in [0.2, 0.25) is 0 Å². The highest BCUT2D eigenvalue weighted by Gasteiger charge is 2.15. The van der Waals surface area contributed by atoms with E-state index in [4.69, 9.17) is 4.98 Å². The van der Waals surface area contributed by atoms with Crippen molar-refractivity contribution >= 4 is 28.4 Å². The van der Waals surface area contributed by atoms with Crippen LogP contribution in [-0.4, -0.2) is 47.9 Å². The Morgan fingerprint density at radius 3 is 2.53 bits per heavy atom. The number of benzene rings is 2. The molecule has 2 heterocycles. The van der Waals surface area contributed by atoms with E-state index in [0.29, 0.717) is 18.5 Å². The standard InChI is InChI=1S/C26H30N4O2/c1-2-25(31)28-20-12-10-19(11-13-20)24-18-22(21-8-3-4-9-23(21)29-24)26(32)27-14-7-17-30-15-5-6-16-30/h3-4,8-13,18H,2,5-7,14-17H2,1H3,(H,27,32)(H,28,31). The lowest BCUT2D eigenvalue weighted by Gasteiger charge is -2.15. The summed E-state index contributed by atoms with van der Waals surface area (Å²) in [6, 6.07) is 17.1. The smallest absolute Gasteiger partial charge is 0.252 e. The second-order valence-electron chi connectivity index (χ2n) is 8.21. The van der Waals surface area contributed by atoms with Gasteiger partial charge in [0.1, 0.15) is 0 Å². The third-order valence-corrected chi connectivity index (χ3v) is 5.88. The largest absolute Gasteiger partial charge is 0.352 e. The van der Waals surface area contributed by atoms with Crippen molar-refractivity contribution < 1.29 is 9.59 Å². The van der Waals surface area contributed by atoms with E-state index in [1.165, 1.54) is 25.9 Å². The number of aromatic nitrogens is 1. The maximum atomic E-state index is 13.0. The van der Waals surface area contributed by atoms with Gasteiger partial charge in [0.2, 0.25) is 5.91 Å². The van der Waals surface area contributed by atoms with Gasteiger partial charge < -0.3 is 15.5 Å². The van der Waals surface area contributed by atoms with Crippen LogP contribution >= 0.6 is 0 Å². The van der Waals surface area contributed by atoms with E-state index in [9.17, 15) is 9.59 Å². The molecule has 1 aliphatic rings. The molecule has 0 unspecified atom stereocenters. The molecule has 6 nitrogen and oxygen atoms in total. The number of hydrogen-bond acceptors (Lipinski definition) is 4. The molecule has 2 aromatic carbocycles. The van der Waals surface area contributed by atoms with Gasteiger partial charge >= 0.3 is 0 Å². The Bertz CT molecular complexity index is 1090. The summed E-state index contributed by atoms with van der Waals surface area (Å²) in [5.41, 5.74) is 3.80. The number of anilines is 1. The fraction of sp³-hybridized carbons (Fsp3) is 0.346. The Hall–Kier alpha value is -3.25. The molecule has 6 heteroatoms. The summed E-state index contributed by atoms with van der Waals surface area (Å²) in [5, 5.41) is 6.79. The molecule has 1 aliphatic heterocycles. The zero-order valence-electron chi connectivity index (χ0n) is 18.6. The van der Waals surface area contributed by atoms with Crippen LogP contribution in [0.5, 0.6) is 0 Å². The van der Waals surface area contributed by atoms with Crippen LogP contribution in [0, 0.1) is 0 Å². The van der Waals surface area contributed by atoms with Gasteiger partial charge in [-0.25, -0.2) is 4.98 Å². The minimum atomic E-state index is -0.0712. The zero-order valence-corrected chi connectivity index (χ0v) is 18.6. The summed E-state index contributed by atoms with van der Waals surface area (Å²) in [4.78, 5) is 31.9. The van der Waals surface area contributed by atoms with Crippen molar-refractivity contribution in [3.63, 3.8) is 0 Å². The van der Waals surface area contributed by atoms with E-state index in [0.717, 1.165) is 40.8 Å². The zero-order chi connectivity index (χ0) is 22.3. The summed E-state index contributed by atoms with van der Waals surface area (Å²) in [6.07, 6.45) is 3.95. The lowest BCUT2D eigenvalue weighted by Crippen LogP contribution is -2.28. The lowest BCUT2D eigenvalue weighted by molar-refractivity contribution is -0.115. The maximum Gasteiger partial charge on any atom is 0.252 e. The molecular formula is C26H30N4O2. The first-order chi connectivity index (χ1) is 15.6. The van der Waals surface area contributed by atoms with Crippen molar-refractivity contribution in [2.45, 2.75) is 32.6 Å². The molecule has 1 saturated heterocycles.